The summed E-state index contributed by atoms with van der Waals surface area (Å²) in [6.45, 7) is 5.59. The summed E-state index contributed by atoms with van der Waals surface area (Å²) < 4.78 is 10.7. The average molecular weight is 340 g/mol. The Labute approximate surface area is 138 Å². The number of hydrogen-bond acceptors (Lipinski definition) is 9. The Morgan fingerprint density at radius 1 is 0.957 bits per heavy atom. The quantitative estimate of drug-likeness (QED) is 0.684. The van der Waals surface area contributed by atoms with Gasteiger partial charge in [-0.25, -0.2) is 0 Å². The maximum absolute atomic E-state index is 11.0. The molecular weight excluding hydrogens is 320 g/mol. The zero-order valence-corrected chi connectivity index (χ0v) is 13.6. The predicted molar refractivity (Wildman–Crippen MR) is 85.8 cm³/mol. The Morgan fingerprint density at radius 3 is 1.87 bits per heavy atom. The molecule has 126 valence electrons. The Balaban J connectivity index is 1.83. The van der Waals surface area contributed by atoms with Crippen molar-refractivity contribution in [3.8, 4) is 0 Å². The van der Waals surface area contributed by atoms with Crippen molar-refractivity contribution in [1.82, 2.24) is 15.0 Å². The zero-order chi connectivity index (χ0) is 16.1. The van der Waals surface area contributed by atoms with Crippen LogP contribution in [0.3, 0.4) is 0 Å². The van der Waals surface area contributed by atoms with Gasteiger partial charge in [-0.1, -0.05) is 11.8 Å². The molecule has 0 unspecified atom stereocenters. The molecule has 2 aliphatic heterocycles. The first-order valence-corrected chi connectivity index (χ1v) is 8.53. The lowest BCUT2D eigenvalue weighted by Crippen LogP contribution is -2.40. The maximum atomic E-state index is 11.0. The lowest BCUT2D eigenvalue weighted by molar-refractivity contribution is -0.115. The van der Waals surface area contributed by atoms with Crippen molar-refractivity contribution in [2.24, 2.45) is 5.73 Å². The molecule has 0 atom stereocenters. The maximum Gasteiger partial charge on any atom is 0.231 e. The SMILES string of the molecule is NC(=O)CSc1nc(N2CCOCC2)nc(N2CCOCC2)n1. The number of thioether (sulfide) groups is 1. The van der Waals surface area contributed by atoms with Crippen molar-refractivity contribution < 1.29 is 14.3 Å². The molecule has 1 aromatic rings. The third kappa shape index (κ3) is 4.43. The number of carbonyl (C=O) groups excluding carboxylic acids is 1. The van der Waals surface area contributed by atoms with Crippen LogP contribution in [0.4, 0.5) is 11.9 Å². The predicted octanol–water partition coefficient (Wildman–Crippen LogP) is -0.878. The fourth-order valence-corrected chi connectivity index (χ4v) is 2.91. The van der Waals surface area contributed by atoms with Gasteiger partial charge in [-0.3, -0.25) is 4.79 Å². The van der Waals surface area contributed by atoms with Crippen LogP contribution in [0.5, 0.6) is 0 Å². The molecule has 3 rings (SSSR count). The zero-order valence-electron chi connectivity index (χ0n) is 12.8. The summed E-state index contributed by atoms with van der Waals surface area (Å²) in [6, 6.07) is 0. The van der Waals surface area contributed by atoms with E-state index in [1.54, 1.807) is 0 Å². The van der Waals surface area contributed by atoms with Gasteiger partial charge in [0.15, 0.2) is 5.16 Å². The Morgan fingerprint density at radius 2 is 1.43 bits per heavy atom. The highest BCUT2D eigenvalue weighted by atomic mass is 32.2. The third-order valence-electron chi connectivity index (χ3n) is 3.52. The van der Waals surface area contributed by atoms with Crippen LogP contribution in [0.2, 0.25) is 0 Å². The monoisotopic (exact) mass is 340 g/mol. The molecule has 0 aromatic carbocycles. The molecule has 1 aromatic heterocycles. The van der Waals surface area contributed by atoms with Crippen LogP contribution in [0.15, 0.2) is 5.16 Å². The molecule has 3 heterocycles. The number of rotatable bonds is 5. The van der Waals surface area contributed by atoms with Crippen LogP contribution in [0.25, 0.3) is 0 Å². The molecule has 9 nitrogen and oxygen atoms in total. The van der Waals surface area contributed by atoms with Crippen LogP contribution in [0.1, 0.15) is 0 Å². The molecule has 23 heavy (non-hydrogen) atoms. The molecule has 0 spiro atoms. The van der Waals surface area contributed by atoms with Gasteiger partial charge in [-0.15, -0.1) is 0 Å². The molecule has 0 aliphatic carbocycles. The fourth-order valence-electron chi connectivity index (χ4n) is 2.35. The number of aromatic nitrogens is 3. The van der Waals surface area contributed by atoms with Crippen molar-refractivity contribution in [1.29, 1.82) is 0 Å². The fraction of sp³-hybridized carbons (Fsp3) is 0.692. The first kappa shape index (κ1) is 16.2. The lowest BCUT2D eigenvalue weighted by Gasteiger charge is -2.30. The third-order valence-corrected chi connectivity index (χ3v) is 4.39. The topological polar surface area (TPSA) is 107 Å². The van der Waals surface area contributed by atoms with E-state index in [-0.39, 0.29) is 5.75 Å². The number of anilines is 2. The highest BCUT2D eigenvalue weighted by Crippen LogP contribution is 2.21. The van der Waals surface area contributed by atoms with Gasteiger partial charge >= 0.3 is 0 Å². The van der Waals surface area contributed by atoms with Crippen LogP contribution in [0, 0.1) is 0 Å². The second-order valence-electron chi connectivity index (χ2n) is 5.17. The van der Waals surface area contributed by atoms with E-state index in [1.165, 1.54) is 11.8 Å². The molecule has 0 radical (unpaired) electrons. The summed E-state index contributed by atoms with van der Waals surface area (Å²) in [5.41, 5.74) is 5.22. The number of nitrogens with two attached hydrogens (primary N) is 1. The highest BCUT2D eigenvalue weighted by molar-refractivity contribution is 7.99. The molecule has 0 bridgehead atoms. The largest absolute Gasteiger partial charge is 0.378 e. The standard InChI is InChI=1S/C13H20N6O3S/c14-10(20)9-23-13-16-11(18-1-5-21-6-2-18)15-12(17-13)19-3-7-22-8-4-19/h1-9H2,(H2,14,20). The van der Waals surface area contributed by atoms with E-state index in [1.807, 2.05) is 0 Å². The van der Waals surface area contributed by atoms with E-state index in [2.05, 4.69) is 24.8 Å². The van der Waals surface area contributed by atoms with Crippen LogP contribution in [-0.4, -0.2) is 79.2 Å². The minimum absolute atomic E-state index is 0.148. The van der Waals surface area contributed by atoms with Crippen molar-refractivity contribution >= 4 is 29.6 Å². The highest BCUT2D eigenvalue weighted by Gasteiger charge is 2.20. The smallest absolute Gasteiger partial charge is 0.231 e. The summed E-state index contributed by atoms with van der Waals surface area (Å²) in [6.07, 6.45) is 0. The van der Waals surface area contributed by atoms with E-state index < -0.39 is 5.91 Å². The summed E-state index contributed by atoms with van der Waals surface area (Å²) in [4.78, 5) is 28.7. The number of carbonyl (C=O) groups is 1. The molecule has 2 N–H and O–H groups in total. The van der Waals surface area contributed by atoms with Gasteiger partial charge in [0, 0.05) is 26.2 Å². The van der Waals surface area contributed by atoms with Crippen molar-refractivity contribution in [2.75, 3.05) is 68.2 Å². The normalized spacial score (nSPS) is 19.0. The van der Waals surface area contributed by atoms with E-state index in [0.29, 0.717) is 43.5 Å². The number of hydrogen-bond donors (Lipinski definition) is 1. The Hall–Kier alpha value is -1.65. The second-order valence-corrected chi connectivity index (χ2v) is 6.11. The summed E-state index contributed by atoms with van der Waals surface area (Å²) in [5, 5.41) is 0.516. The molecule has 2 saturated heterocycles. The molecule has 1 amide bonds. The Kier molecular flexibility index (Phi) is 5.47. The van der Waals surface area contributed by atoms with Crippen LogP contribution >= 0.6 is 11.8 Å². The van der Waals surface area contributed by atoms with Gasteiger partial charge < -0.3 is 25.0 Å². The lowest BCUT2D eigenvalue weighted by atomic mass is 10.4. The van der Waals surface area contributed by atoms with E-state index in [0.717, 1.165) is 26.2 Å². The average Bonchev–Trinajstić information content (AvgIpc) is 2.61. The number of morpholine rings is 2. The van der Waals surface area contributed by atoms with Crippen LogP contribution in [-0.2, 0) is 14.3 Å². The second kappa shape index (κ2) is 7.75. The van der Waals surface area contributed by atoms with Crippen molar-refractivity contribution in [3.05, 3.63) is 0 Å². The molecule has 2 aliphatic rings. The first-order chi connectivity index (χ1) is 11.2. The van der Waals surface area contributed by atoms with E-state index in [9.17, 15) is 4.79 Å². The summed E-state index contributed by atoms with van der Waals surface area (Å²) in [7, 11) is 0. The van der Waals surface area contributed by atoms with Gasteiger partial charge in [0.1, 0.15) is 0 Å². The van der Waals surface area contributed by atoms with Crippen molar-refractivity contribution in [2.45, 2.75) is 5.16 Å². The minimum Gasteiger partial charge on any atom is -0.378 e. The van der Waals surface area contributed by atoms with Gasteiger partial charge in [0.2, 0.25) is 17.8 Å². The number of nitrogens with zero attached hydrogens (tertiary/aromatic N) is 5. The molecule has 2 fully saturated rings. The Bertz CT molecular complexity index is 512. The molecule has 0 saturated carbocycles. The van der Waals surface area contributed by atoms with Gasteiger partial charge in [-0.05, 0) is 0 Å². The molecular formula is C13H20N6O3S. The van der Waals surface area contributed by atoms with Gasteiger partial charge in [0.25, 0.3) is 0 Å². The van der Waals surface area contributed by atoms with Crippen molar-refractivity contribution in [3.63, 3.8) is 0 Å². The van der Waals surface area contributed by atoms with E-state index >= 15 is 0 Å². The molecule has 10 heteroatoms. The van der Waals surface area contributed by atoms with Gasteiger partial charge in [0.05, 0.1) is 32.2 Å². The summed E-state index contributed by atoms with van der Waals surface area (Å²) >= 11 is 1.23. The van der Waals surface area contributed by atoms with Crippen LogP contribution < -0.4 is 15.5 Å². The number of primary amides is 1. The van der Waals surface area contributed by atoms with E-state index in [4.69, 9.17) is 15.2 Å². The number of amides is 1. The minimum atomic E-state index is -0.392. The summed E-state index contributed by atoms with van der Waals surface area (Å²) in [5.74, 6) is 1.000. The first-order valence-electron chi connectivity index (χ1n) is 7.55. The number of ether oxygens (including phenoxy) is 2. The van der Waals surface area contributed by atoms with Gasteiger partial charge in [-0.2, -0.15) is 15.0 Å².